The third-order valence-electron chi connectivity index (χ3n) is 4.55. The first-order valence-corrected chi connectivity index (χ1v) is 11.0. The number of carbonyl (C=O) groups excluding carboxylic acids is 1. The standard InChI is InChI=1S/C18H17ClF2N4O4S/c1-2-6-24(16(26)5-8-30(28,29)12-13-9-18(13,20)21)15-11-25(22-17(15)19)14-4-3-7-23(27)10-14/h1,3-4,7,10-11,13H,5-6,8-9,12H2. The zero-order chi connectivity index (χ0) is 22.1. The molecule has 0 spiro atoms. The maximum Gasteiger partial charge on any atom is 0.252 e. The number of sulfone groups is 1. The van der Waals surface area contributed by atoms with Crippen LogP contribution >= 0.6 is 11.6 Å². The van der Waals surface area contributed by atoms with E-state index < -0.39 is 51.9 Å². The highest BCUT2D eigenvalue weighted by molar-refractivity contribution is 7.91. The number of hydrogen-bond donors (Lipinski definition) is 0. The molecule has 1 saturated carbocycles. The van der Waals surface area contributed by atoms with Gasteiger partial charge in [-0.2, -0.15) is 9.83 Å². The zero-order valence-corrected chi connectivity index (χ0v) is 17.1. The van der Waals surface area contributed by atoms with Gasteiger partial charge in [0.1, 0.15) is 11.4 Å². The Balaban J connectivity index is 1.74. The molecule has 0 N–H and O–H groups in total. The number of terminal acetylenes is 1. The summed E-state index contributed by atoms with van der Waals surface area (Å²) >= 11 is 6.13. The minimum absolute atomic E-state index is 0.0830. The van der Waals surface area contributed by atoms with Crippen molar-refractivity contribution in [3.63, 3.8) is 0 Å². The Kier molecular flexibility index (Phi) is 6.01. The van der Waals surface area contributed by atoms with E-state index in [1.165, 1.54) is 29.3 Å². The fourth-order valence-electron chi connectivity index (χ4n) is 2.85. The Bertz CT molecular complexity index is 1110. The van der Waals surface area contributed by atoms with Gasteiger partial charge in [0.2, 0.25) is 12.1 Å². The largest absolute Gasteiger partial charge is 0.619 e. The molecule has 1 aliphatic carbocycles. The molecule has 12 heteroatoms. The lowest BCUT2D eigenvalue weighted by molar-refractivity contribution is -0.605. The van der Waals surface area contributed by atoms with Crippen molar-refractivity contribution < 1.29 is 26.7 Å². The molecular formula is C18H17ClF2N4O4S. The van der Waals surface area contributed by atoms with Gasteiger partial charge in [-0.05, 0) is 6.07 Å². The molecule has 1 atom stereocenters. The summed E-state index contributed by atoms with van der Waals surface area (Å²) in [6, 6.07) is 3.09. The molecule has 2 aromatic rings. The van der Waals surface area contributed by atoms with E-state index in [1.807, 2.05) is 0 Å². The number of aromatic nitrogens is 3. The number of nitrogens with zero attached hydrogens (tertiary/aromatic N) is 4. The number of alkyl halides is 2. The fraction of sp³-hybridized carbons (Fsp3) is 0.389. The van der Waals surface area contributed by atoms with Gasteiger partial charge in [0.25, 0.3) is 5.92 Å². The molecule has 0 saturated heterocycles. The summed E-state index contributed by atoms with van der Waals surface area (Å²) in [6.07, 6.45) is 8.31. The SMILES string of the molecule is C#CCN(C(=O)CCS(=O)(=O)CC1CC1(F)F)c1cn(-c2ccc[n+]([O-])c2)nc1Cl. The molecule has 30 heavy (non-hydrogen) atoms. The minimum Gasteiger partial charge on any atom is -0.619 e. The Labute approximate surface area is 176 Å². The zero-order valence-electron chi connectivity index (χ0n) is 15.5. The lowest BCUT2D eigenvalue weighted by atomic mass is 10.3. The van der Waals surface area contributed by atoms with Crippen molar-refractivity contribution in [3.8, 4) is 18.0 Å². The summed E-state index contributed by atoms with van der Waals surface area (Å²) < 4.78 is 51.9. The summed E-state index contributed by atoms with van der Waals surface area (Å²) in [7, 11) is -3.84. The van der Waals surface area contributed by atoms with Gasteiger partial charge in [-0.3, -0.25) is 9.69 Å². The Morgan fingerprint density at radius 3 is 2.83 bits per heavy atom. The molecule has 0 bridgehead atoms. The molecule has 2 heterocycles. The number of pyridine rings is 1. The normalized spacial score (nSPS) is 17.3. The Hall–Kier alpha value is -2.71. The first kappa shape index (κ1) is 22.0. The van der Waals surface area contributed by atoms with Crippen molar-refractivity contribution >= 4 is 33.0 Å². The van der Waals surface area contributed by atoms with Crippen LogP contribution in [0, 0.1) is 23.5 Å². The van der Waals surface area contributed by atoms with E-state index in [-0.39, 0.29) is 17.4 Å². The Morgan fingerprint density at radius 2 is 2.23 bits per heavy atom. The Morgan fingerprint density at radius 1 is 1.53 bits per heavy atom. The molecular weight excluding hydrogens is 442 g/mol. The van der Waals surface area contributed by atoms with E-state index in [1.54, 1.807) is 6.07 Å². The van der Waals surface area contributed by atoms with Crippen LogP contribution in [0.2, 0.25) is 5.15 Å². The second kappa shape index (κ2) is 8.20. The van der Waals surface area contributed by atoms with E-state index in [0.717, 1.165) is 4.90 Å². The van der Waals surface area contributed by atoms with E-state index in [4.69, 9.17) is 18.0 Å². The first-order chi connectivity index (χ1) is 14.0. The first-order valence-electron chi connectivity index (χ1n) is 8.79. The number of halogens is 3. The molecule has 1 unspecified atom stereocenters. The molecule has 0 aliphatic heterocycles. The van der Waals surface area contributed by atoms with Gasteiger partial charge in [-0.1, -0.05) is 17.5 Å². The number of carbonyl (C=O) groups is 1. The fourth-order valence-corrected chi connectivity index (χ4v) is 4.71. The number of amides is 1. The summed E-state index contributed by atoms with van der Waals surface area (Å²) in [5, 5.41) is 15.4. The predicted molar refractivity (Wildman–Crippen MR) is 105 cm³/mol. The van der Waals surface area contributed by atoms with Crippen LogP contribution in [-0.4, -0.2) is 48.1 Å². The smallest absolute Gasteiger partial charge is 0.252 e. The van der Waals surface area contributed by atoms with Gasteiger partial charge in [-0.15, -0.1) is 6.42 Å². The van der Waals surface area contributed by atoms with Crippen molar-refractivity contribution in [1.29, 1.82) is 0 Å². The van der Waals surface area contributed by atoms with Crippen LogP contribution < -0.4 is 9.63 Å². The molecule has 8 nitrogen and oxygen atoms in total. The van der Waals surface area contributed by atoms with Crippen molar-refractivity contribution in [2.45, 2.75) is 18.8 Å². The van der Waals surface area contributed by atoms with E-state index in [2.05, 4.69) is 11.0 Å². The summed E-state index contributed by atoms with van der Waals surface area (Å²) in [4.78, 5) is 13.7. The average Bonchev–Trinajstić information content (AvgIpc) is 3.07. The highest BCUT2D eigenvalue weighted by Gasteiger charge is 2.58. The van der Waals surface area contributed by atoms with Crippen molar-refractivity contribution in [2.24, 2.45) is 5.92 Å². The highest BCUT2D eigenvalue weighted by Crippen LogP contribution is 2.49. The van der Waals surface area contributed by atoms with Crippen LogP contribution in [0.5, 0.6) is 0 Å². The van der Waals surface area contributed by atoms with Crippen LogP contribution in [0.3, 0.4) is 0 Å². The summed E-state index contributed by atoms with van der Waals surface area (Å²) in [5.41, 5.74) is 0.508. The van der Waals surface area contributed by atoms with Crippen LogP contribution in [0.1, 0.15) is 12.8 Å². The lowest BCUT2D eigenvalue weighted by Crippen LogP contribution is -2.33. The van der Waals surface area contributed by atoms with E-state index >= 15 is 0 Å². The molecule has 0 radical (unpaired) electrons. The van der Waals surface area contributed by atoms with Crippen LogP contribution in [-0.2, 0) is 14.6 Å². The highest BCUT2D eigenvalue weighted by atomic mass is 35.5. The number of anilines is 1. The molecule has 0 aromatic carbocycles. The maximum absolute atomic E-state index is 13.0. The maximum atomic E-state index is 13.0. The van der Waals surface area contributed by atoms with Gasteiger partial charge < -0.3 is 5.21 Å². The van der Waals surface area contributed by atoms with Crippen molar-refractivity contribution in [3.05, 3.63) is 41.1 Å². The monoisotopic (exact) mass is 458 g/mol. The molecule has 160 valence electrons. The minimum atomic E-state index is -3.84. The molecule has 2 aromatic heterocycles. The number of hydrogen-bond acceptors (Lipinski definition) is 5. The van der Waals surface area contributed by atoms with Crippen LogP contribution in [0.25, 0.3) is 5.69 Å². The van der Waals surface area contributed by atoms with Crippen LogP contribution in [0.15, 0.2) is 30.7 Å². The topological polar surface area (TPSA) is 99.2 Å². The molecule has 3 rings (SSSR count). The third kappa shape index (κ3) is 5.06. The van der Waals surface area contributed by atoms with E-state index in [0.29, 0.717) is 10.4 Å². The van der Waals surface area contributed by atoms with Crippen molar-refractivity contribution in [1.82, 2.24) is 9.78 Å². The number of rotatable bonds is 8. The molecule has 1 amide bonds. The van der Waals surface area contributed by atoms with Crippen molar-refractivity contribution in [2.75, 3.05) is 23.0 Å². The quantitative estimate of drug-likeness (QED) is 0.340. The third-order valence-corrected chi connectivity index (χ3v) is 6.56. The molecule has 1 fully saturated rings. The van der Waals surface area contributed by atoms with Gasteiger partial charge in [0.15, 0.2) is 21.2 Å². The average molecular weight is 459 g/mol. The molecule has 1 aliphatic rings. The second-order valence-electron chi connectivity index (χ2n) is 6.88. The predicted octanol–water partition coefficient (Wildman–Crippen LogP) is 1.59. The summed E-state index contributed by atoms with van der Waals surface area (Å²) in [5.74, 6) is -3.74. The summed E-state index contributed by atoms with van der Waals surface area (Å²) in [6.45, 7) is -0.207. The van der Waals surface area contributed by atoms with Gasteiger partial charge >= 0.3 is 0 Å². The van der Waals surface area contributed by atoms with Crippen LogP contribution in [0.4, 0.5) is 14.5 Å². The van der Waals surface area contributed by atoms with Gasteiger partial charge in [0, 0.05) is 24.8 Å². The van der Waals surface area contributed by atoms with E-state index in [9.17, 15) is 27.2 Å². The van der Waals surface area contributed by atoms with Gasteiger partial charge in [-0.25, -0.2) is 21.9 Å². The lowest BCUT2D eigenvalue weighted by Gasteiger charge is -2.18. The van der Waals surface area contributed by atoms with Gasteiger partial charge in [0.05, 0.1) is 24.2 Å². The second-order valence-corrected chi connectivity index (χ2v) is 9.47.